The molecule has 1 saturated heterocycles. The Balaban J connectivity index is 0.000000166. The van der Waals surface area contributed by atoms with E-state index in [4.69, 9.17) is 20.1 Å². The van der Waals surface area contributed by atoms with Gasteiger partial charge in [0.05, 0.1) is 30.4 Å². The molecule has 4 aromatic rings. The average Bonchev–Trinajstić information content (AvgIpc) is 3.66. The predicted octanol–water partition coefficient (Wildman–Crippen LogP) is 6.81. The van der Waals surface area contributed by atoms with Gasteiger partial charge in [-0.05, 0) is 60.4 Å². The average molecular weight is 658 g/mol. The van der Waals surface area contributed by atoms with Crippen LogP contribution in [0.15, 0.2) is 53.2 Å². The Morgan fingerprint density at radius 1 is 1.15 bits per heavy atom. The van der Waals surface area contributed by atoms with Crippen molar-refractivity contribution in [1.29, 1.82) is 0 Å². The first kappa shape index (κ1) is 32.2. The number of benzene rings is 2. The summed E-state index contributed by atoms with van der Waals surface area (Å²) in [4.78, 5) is 20.0. The topological polar surface area (TPSA) is 128 Å². The molecule has 248 valence electrons. The Labute approximate surface area is 266 Å². The highest BCUT2D eigenvalue weighted by molar-refractivity contribution is 5.87. The summed E-state index contributed by atoms with van der Waals surface area (Å²) < 4.78 is 73.4. The lowest BCUT2D eigenvalue weighted by Gasteiger charge is -2.41. The number of fused-ring (bicyclic) bond motifs is 3. The number of nitrogens with zero attached hydrogens (tertiary/aromatic N) is 4. The molecule has 2 atom stereocenters. The molecule has 1 unspecified atom stereocenters. The maximum atomic E-state index is 12.9. The maximum absolute atomic E-state index is 12.9. The normalized spacial score (nSPS) is 18.2. The molecule has 47 heavy (non-hydrogen) atoms. The molecule has 3 N–H and O–H groups in total. The van der Waals surface area contributed by atoms with E-state index in [9.17, 15) is 26.7 Å². The number of aromatic nitrogens is 3. The third-order valence-electron chi connectivity index (χ3n) is 8.99. The minimum Gasteiger partial charge on any atom is -0.479 e. The van der Waals surface area contributed by atoms with E-state index in [1.807, 2.05) is 6.92 Å². The van der Waals surface area contributed by atoms with Crippen LogP contribution < -0.4 is 15.4 Å². The second-order valence-electron chi connectivity index (χ2n) is 12.4. The smallest absolute Gasteiger partial charge is 0.425 e. The molecule has 3 aliphatic rings. The lowest BCUT2D eigenvalue weighted by molar-refractivity contribution is -0.189. The van der Waals surface area contributed by atoms with E-state index in [0.717, 1.165) is 47.6 Å². The number of carboxylic acid groups (broad SMARTS) is 1. The molecule has 0 spiro atoms. The lowest BCUT2D eigenvalue weighted by Crippen LogP contribution is -2.56. The highest BCUT2D eigenvalue weighted by Gasteiger charge is 2.49. The molecule has 7 rings (SSSR count). The van der Waals surface area contributed by atoms with Gasteiger partial charge in [-0.1, -0.05) is 41.6 Å². The van der Waals surface area contributed by atoms with Crippen molar-refractivity contribution in [3.05, 3.63) is 82.8 Å². The molecule has 0 bridgehead atoms. The molecular formula is C33H32F5N5O4. The summed E-state index contributed by atoms with van der Waals surface area (Å²) in [6.07, 6.45) is -2.73. The largest absolute Gasteiger partial charge is 0.479 e. The molecule has 3 heterocycles. The van der Waals surface area contributed by atoms with Crippen LogP contribution in [0.3, 0.4) is 0 Å². The number of nitrogen functional groups attached to an aromatic ring is 1. The Hall–Kier alpha value is -4.75. The fraction of sp³-hybridized carbons (Fsp3) is 0.394. The summed E-state index contributed by atoms with van der Waals surface area (Å²) in [7, 11) is 0. The number of aryl methyl sites for hydroxylation is 1. The van der Waals surface area contributed by atoms with Crippen LogP contribution in [0, 0.1) is 12.8 Å². The van der Waals surface area contributed by atoms with Crippen LogP contribution in [0.25, 0.3) is 11.1 Å². The van der Waals surface area contributed by atoms with Gasteiger partial charge in [-0.2, -0.15) is 18.2 Å². The first-order valence-electron chi connectivity index (χ1n) is 15.0. The van der Waals surface area contributed by atoms with Gasteiger partial charge in [0.15, 0.2) is 17.6 Å². The van der Waals surface area contributed by atoms with E-state index in [-0.39, 0.29) is 11.1 Å². The fourth-order valence-corrected chi connectivity index (χ4v) is 6.20. The van der Waals surface area contributed by atoms with Crippen molar-refractivity contribution in [2.75, 3.05) is 23.7 Å². The number of halogens is 5. The number of hydrogen-bond acceptors (Lipinski definition) is 8. The van der Waals surface area contributed by atoms with Crippen LogP contribution in [0.2, 0.25) is 0 Å². The Kier molecular flexibility index (Phi) is 7.87. The van der Waals surface area contributed by atoms with Crippen LogP contribution in [0.1, 0.15) is 65.6 Å². The molecule has 2 aliphatic carbocycles. The van der Waals surface area contributed by atoms with Crippen LogP contribution >= 0.6 is 0 Å². The van der Waals surface area contributed by atoms with Crippen molar-refractivity contribution >= 4 is 17.3 Å². The van der Waals surface area contributed by atoms with Gasteiger partial charge in [-0.15, -0.1) is 0 Å². The van der Waals surface area contributed by atoms with Gasteiger partial charge < -0.3 is 25.0 Å². The number of hydrogen-bond donors (Lipinski definition) is 2. The van der Waals surface area contributed by atoms with Crippen LogP contribution in [-0.2, 0) is 11.8 Å². The molecule has 2 aromatic heterocycles. The molecule has 0 radical (unpaired) electrons. The number of carbonyl (C=O) groups is 1. The van der Waals surface area contributed by atoms with Crippen LogP contribution in [0.4, 0.5) is 33.3 Å². The first-order valence-corrected chi connectivity index (χ1v) is 15.0. The summed E-state index contributed by atoms with van der Waals surface area (Å²) >= 11 is 0. The minimum atomic E-state index is -4.68. The van der Waals surface area contributed by atoms with E-state index in [0.29, 0.717) is 11.8 Å². The molecular weight excluding hydrogens is 625 g/mol. The standard InChI is InChI=1S/C21H21N3O.C12H11F5N2O3/c1-12-23-20(24-25-12)21(2,14-7-8-14)18-10-9-16-15-6-4-3-5-13(15)11-17(16)19(18)22;1-6(12(15,16)17)22-9-2-7(10(20)21)18-3-8(9)19-4-11(13,14)5-19/h3-6,9-10,14H,7-8,11,22H2,1-2H3;2-3,6H,4-5H2,1H3,(H,20,21)/t;6-/m.0/s1. The van der Waals surface area contributed by atoms with Crippen molar-refractivity contribution in [2.45, 2.75) is 63.7 Å². The summed E-state index contributed by atoms with van der Waals surface area (Å²) in [5.74, 6) is -2.98. The number of ether oxygens (including phenoxy) is 1. The van der Waals surface area contributed by atoms with Crippen LogP contribution in [-0.4, -0.2) is 57.5 Å². The van der Waals surface area contributed by atoms with Crippen molar-refractivity contribution in [3.63, 3.8) is 0 Å². The number of carboxylic acids is 1. The molecule has 1 aliphatic heterocycles. The lowest BCUT2D eigenvalue weighted by atomic mass is 9.75. The Bertz CT molecular complexity index is 1830. The Morgan fingerprint density at radius 2 is 1.85 bits per heavy atom. The van der Waals surface area contributed by atoms with E-state index in [1.165, 1.54) is 35.1 Å². The van der Waals surface area contributed by atoms with E-state index >= 15 is 0 Å². The predicted molar refractivity (Wildman–Crippen MR) is 162 cm³/mol. The van der Waals surface area contributed by atoms with Crippen LogP contribution in [0.5, 0.6) is 5.75 Å². The van der Waals surface area contributed by atoms with E-state index in [1.54, 1.807) is 0 Å². The molecule has 2 aromatic carbocycles. The Morgan fingerprint density at radius 3 is 2.45 bits per heavy atom. The van der Waals surface area contributed by atoms with Gasteiger partial charge in [0, 0.05) is 25.1 Å². The first-order chi connectivity index (χ1) is 22.1. The number of pyridine rings is 1. The minimum absolute atomic E-state index is 0.105. The van der Waals surface area contributed by atoms with Gasteiger partial charge in [0.1, 0.15) is 5.75 Å². The van der Waals surface area contributed by atoms with Gasteiger partial charge >= 0.3 is 12.1 Å². The second-order valence-corrected chi connectivity index (χ2v) is 12.4. The SMILES string of the molecule is C[C@H](Oc1cc(C(=O)O)ncc1N1CC(F)(F)C1)C(F)(F)F.Cc1nc(C(C)(c2ccc3c(c2N)Cc2ccccc2-3)C2CC2)no1. The summed E-state index contributed by atoms with van der Waals surface area (Å²) in [6.45, 7) is 3.40. The van der Waals surface area contributed by atoms with Gasteiger partial charge in [-0.25, -0.2) is 18.6 Å². The van der Waals surface area contributed by atoms with E-state index in [2.05, 4.69) is 58.4 Å². The molecule has 14 heteroatoms. The highest BCUT2D eigenvalue weighted by Crippen LogP contribution is 2.53. The maximum Gasteiger partial charge on any atom is 0.425 e. The molecule has 0 amide bonds. The zero-order valence-corrected chi connectivity index (χ0v) is 25.7. The van der Waals surface area contributed by atoms with Gasteiger partial charge in [0.2, 0.25) is 5.89 Å². The third-order valence-corrected chi connectivity index (χ3v) is 8.99. The molecule has 1 saturated carbocycles. The zero-order valence-electron chi connectivity index (χ0n) is 25.7. The van der Waals surface area contributed by atoms with Gasteiger partial charge in [-0.3, -0.25) is 0 Å². The summed E-state index contributed by atoms with van der Waals surface area (Å²) in [5.41, 5.74) is 13.0. The van der Waals surface area contributed by atoms with Gasteiger partial charge in [0.25, 0.3) is 5.92 Å². The second kappa shape index (κ2) is 11.5. The quantitative estimate of drug-likeness (QED) is 0.143. The number of nitrogens with two attached hydrogens (primary N) is 1. The molecule has 9 nitrogen and oxygen atoms in total. The highest BCUT2D eigenvalue weighted by atomic mass is 19.4. The van der Waals surface area contributed by atoms with Crippen molar-refractivity contribution in [1.82, 2.24) is 15.1 Å². The monoisotopic (exact) mass is 657 g/mol. The summed E-state index contributed by atoms with van der Waals surface area (Å²) in [5, 5.41) is 13.1. The fourth-order valence-electron chi connectivity index (χ4n) is 6.20. The summed E-state index contributed by atoms with van der Waals surface area (Å²) in [6, 6.07) is 13.8. The van der Waals surface area contributed by atoms with Crippen molar-refractivity contribution < 1.29 is 41.1 Å². The van der Waals surface area contributed by atoms with Crippen molar-refractivity contribution in [2.24, 2.45) is 5.92 Å². The number of alkyl halides is 5. The third kappa shape index (κ3) is 6.08. The zero-order chi connectivity index (χ0) is 33.9. The molecule has 2 fully saturated rings. The van der Waals surface area contributed by atoms with E-state index < -0.39 is 48.7 Å². The van der Waals surface area contributed by atoms with Crippen molar-refractivity contribution in [3.8, 4) is 16.9 Å². The number of anilines is 2. The number of rotatable bonds is 7. The number of aromatic carboxylic acids is 1.